The lowest BCUT2D eigenvalue weighted by atomic mass is 10.2. The van der Waals surface area contributed by atoms with Gasteiger partial charge in [0, 0.05) is 17.5 Å². The van der Waals surface area contributed by atoms with Gasteiger partial charge in [0.1, 0.15) is 0 Å². The Labute approximate surface area is 99.7 Å². The summed E-state index contributed by atoms with van der Waals surface area (Å²) in [6, 6.07) is 3.89. The number of thiophene rings is 1. The Morgan fingerprint density at radius 1 is 1.62 bits per heavy atom. The second-order valence-electron chi connectivity index (χ2n) is 3.67. The van der Waals surface area contributed by atoms with Crippen LogP contribution >= 0.6 is 11.3 Å². The maximum Gasteiger partial charge on any atom is 0.315 e. The predicted octanol–water partition coefficient (Wildman–Crippen LogP) is 1.71. The molecule has 4 nitrogen and oxygen atoms in total. The molecule has 0 saturated carbocycles. The van der Waals surface area contributed by atoms with E-state index in [0.29, 0.717) is 13.0 Å². The molecule has 1 aromatic rings. The van der Waals surface area contributed by atoms with Gasteiger partial charge in [-0.25, -0.2) is 4.79 Å². The lowest BCUT2D eigenvalue weighted by molar-refractivity contribution is 0.234. The highest BCUT2D eigenvalue weighted by molar-refractivity contribution is 7.09. The minimum absolute atomic E-state index is 0.0930. The first-order valence-electron chi connectivity index (χ1n) is 5.40. The minimum atomic E-state index is -0.154. The number of hydrogen-bond acceptors (Lipinski definition) is 3. The van der Waals surface area contributed by atoms with E-state index in [9.17, 15) is 4.79 Å². The zero-order valence-corrected chi connectivity index (χ0v) is 10.2. The zero-order chi connectivity index (χ0) is 11.8. The van der Waals surface area contributed by atoms with Crippen molar-refractivity contribution in [3.05, 3.63) is 22.4 Å². The molecular weight excluding hydrogens is 224 g/mol. The summed E-state index contributed by atoms with van der Waals surface area (Å²) < 4.78 is 0. The van der Waals surface area contributed by atoms with Crippen LogP contribution in [0.25, 0.3) is 0 Å². The molecule has 1 rings (SSSR count). The maximum absolute atomic E-state index is 11.4. The van der Waals surface area contributed by atoms with Gasteiger partial charge < -0.3 is 15.7 Å². The third-order valence-electron chi connectivity index (χ3n) is 2.18. The summed E-state index contributed by atoms with van der Waals surface area (Å²) in [5.74, 6) is 0. The molecule has 0 fully saturated rings. The minimum Gasteiger partial charge on any atom is -0.396 e. The molecule has 16 heavy (non-hydrogen) atoms. The standard InChI is InChI=1S/C11H18N2O2S/c1-9(4-2-6-14)13-11(15)12-8-10-5-3-7-16-10/h3,5,7,9,14H,2,4,6,8H2,1H3,(H2,12,13,15). The molecule has 0 saturated heterocycles. The molecule has 0 spiro atoms. The highest BCUT2D eigenvalue weighted by atomic mass is 32.1. The summed E-state index contributed by atoms with van der Waals surface area (Å²) in [4.78, 5) is 12.6. The van der Waals surface area contributed by atoms with E-state index in [4.69, 9.17) is 5.11 Å². The average Bonchev–Trinajstić information content (AvgIpc) is 2.76. The van der Waals surface area contributed by atoms with Crippen LogP contribution in [0.3, 0.4) is 0 Å². The van der Waals surface area contributed by atoms with Crippen LogP contribution < -0.4 is 10.6 Å². The van der Waals surface area contributed by atoms with Crippen molar-refractivity contribution in [2.75, 3.05) is 6.61 Å². The van der Waals surface area contributed by atoms with Gasteiger partial charge in [0.25, 0.3) is 0 Å². The molecule has 1 heterocycles. The monoisotopic (exact) mass is 242 g/mol. The lowest BCUT2D eigenvalue weighted by Gasteiger charge is -2.13. The van der Waals surface area contributed by atoms with Crippen LogP contribution in [0.1, 0.15) is 24.6 Å². The van der Waals surface area contributed by atoms with Crippen LogP contribution in [0.15, 0.2) is 17.5 Å². The molecule has 0 aliphatic carbocycles. The number of nitrogens with one attached hydrogen (secondary N) is 2. The van der Waals surface area contributed by atoms with Crippen molar-refractivity contribution in [2.45, 2.75) is 32.4 Å². The Morgan fingerprint density at radius 2 is 2.44 bits per heavy atom. The van der Waals surface area contributed by atoms with Crippen molar-refractivity contribution in [1.29, 1.82) is 0 Å². The van der Waals surface area contributed by atoms with Crippen LogP contribution in [0, 0.1) is 0 Å². The molecule has 0 aliphatic heterocycles. The molecule has 1 atom stereocenters. The zero-order valence-electron chi connectivity index (χ0n) is 9.40. The van der Waals surface area contributed by atoms with Crippen LogP contribution in [0.5, 0.6) is 0 Å². The fourth-order valence-corrected chi connectivity index (χ4v) is 1.97. The van der Waals surface area contributed by atoms with Gasteiger partial charge in [-0.1, -0.05) is 6.07 Å². The Morgan fingerprint density at radius 3 is 3.06 bits per heavy atom. The summed E-state index contributed by atoms with van der Waals surface area (Å²) in [5.41, 5.74) is 0. The first-order valence-corrected chi connectivity index (χ1v) is 6.28. The van der Waals surface area contributed by atoms with Crippen LogP contribution in [-0.2, 0) is 6.54 Å². The molecule has 90 valence electrons. The van der Waals surface area contributed by atoms with E-state index in [1.807, 2.05) is 24.4 Å². The topological polar surface area (TPSA) is 61.4 Å². The number of carbonyl (C=O) groups excluding carboxylic acids is 1. The van der Waals surface area contributed by atoms with Crippen molar-refractivity contribution in [2.24, 2.45) is 0 Å². The second-order valence-corrected chi connectivity index (χ2v) is 4.71. The number of urea groups is 1. The van der Waals surface area contributed by atoms with Crippen molar-refractivity contribution in [3.63, 3.8) is 0 Å². The predicted molar refractivity (Wildman–Crippen MR) is 65.5 cm³/mol. The number of rotatable bonds is 6. The lowest BCUT2D eigenvalue weighted by Crippen LogP contribution is -2.40. The summed E-state index contributed by atoms with van der Waals surface area (Å²) in [7, 11) is 0. The molecular formula is C11H18N2O2S. The second kappa shape index (κ2) is 7.24. The summed E-state index contributed by atoms with van der Waals surface area (Å²) in [6.07, 6.45) is 1.51. The number of aliphatic hydroxyl groups excluding tert-OH is 1. The Bertz CT molecular complexity index is 301. The van der Waals surface area contributed by atoms with Crippen LogP contribution in [-0.4, -0.2) is 23.8 Å². The first-order chi connectivity index (χ1) is 7.72. The molecule has 1 aromatic heterocycles. The van der Waals surface area contributed by atoms with Gasteiger partial charge in [0.15, 0.2) is 0 Å². The van der Waals surface area contributed by atoms with Gasteiger partial charge in [-0.2, -0.15) is 0 Å². The number of carbonyl (C=O) groups is 1. The molecule has 5 heteroatoms. The summed E-state index contributed by atoms with van der Waals surface area (Å²) in [6.45, 7) is 2.67. The normalized spacial score (nSPS) is 12.1. The summed E-state index contributed by atoms with van der Waals surface area (Å²) >= 11 is 1.62. The molecule has 3 N–H and O–H groups in total. The highest BCUT2D eigenvalue weighted by Gasteiger charge is 2.06. The quantitative estimate of drug-likeness (QED) is 0.711. The SMILES string of the molecule is CC(CCCO)NC(=O)NCc1cccs1. The van der Waals surface area contributed by atoms with Gasteiger partial charge in [0.05, 0.1) is 6.54 Å². The Balaban J connectivity index is 2.15. The van der Waals surface area contributed by atoms with Gasteiger partial charge in [0.2, 0.25) is 0 Å². The van der Waals surface area contributed by atoms with Gasteiger partial charge in [-0.05, 0) is 31.2 Å². The van der Waals surface area contributed by atoms with E-state index in [1.165, 1.54) is 0 Å². The number of hydrogen-bond donors (Lipinski definition) is 3. The fourth-order valence-electron chi connectivity index (χ4n) is 1.33. The van der Waals surface area contributed by atoms with Crippen molar-refractivity contribution in [1.82, 2.24) is 10.6 Å². The van der Waals surface area contributed by atoms with Crippen molar-refractivity contribution >= 4 is 17.4 Å². The fraction of sp³-hybridized carbons (Fsp3) is 0.545. The third-order valence-corrected chi connectivity index (χ3v) is 3.05. The smallest absolute Gasteiger partial charge is 0.315 e. The van der Waals surface area contributed by atoms with Crippen molar-refractivity contribution in [3.8, 4) is 0 Å². The van der Waals surface area contributed by atoms with Crippen molar-refractivity contribution < 1.29 is 9.90 Å². The van der Waals surface area contributed by atoms with E-state index >= 15 is 0 Å². The third kappa shape index (κ3) is 5.14. The Kier molecular flexibility index (Phi) is 5.88. The van der Waals surface area contributed by atoms with Gasteiger partial charge in [-0.3, -0.25) is 0 Å². The van der Waals surface area contributed by atoms with E-state index in [-0.39, 0.29) is 18.7 Å². The molecule has 1 unspecified atom stereocenters. The van der Waals surface area contributed by atoms with E-state index < -0.39 is 0 Å². The molecule has 0 bridgehead atoms. The highest BCUT2D eigenvalue weighted by Crippen LogP contribution is 2.07. The molecule has 2 amide bonds. The Hall–Kier alpha value is -1.07. The first kappa shape index (κ1) is 13.0. The van der Waals surface area contributed by atoms with Crippen LogP contribution in [0.4, 0.5) is 4.79 Å². The number of aliphatic hydroxyl groups is 1. The number of amides is 2. The van der Waals surface area contributed by atoms with Gasteiger partial charge >= 0.3 is 6.03 Å². The average molecular weight is 242 g/mol. The summed E-state index contributed by atoms with van der Waals surface area (Å²) in [5, 5.41) is 16.2. The molecule has 0 radical (unpaired) electrons. The van der Waals surface area contributed by atoms with Gasteiger partial charge in [-0.15, -0.1) is 11.3 Å². The molecule has 0 aliphatic rings. The van der Waals surface area contributed by atoms with E-state index in [0.717, 1.165) is 11.3 Å². The molecule has 0 aromatic carbocycles. The largest absolute Gasteiger partial charge is 0.396 e. The van der Waals surface area contributed by atoms with E-state index in [2.05, 4.69) is 10.6 Å². The van der Waals surface area contributed by atoms with E-state index in [1.54, 1.807) is 11.3 Å². The maximum atomic E-state index is 11.4. The van der Waals surface area contributed by atoms with Crippen LogP contribution in [0.2, 0.25) is 0 Å².